The minimum absolute atomic E-state index is 0.0815. The van der Waals surface area contributed by atoms with Crippen LogP contribution in [0.25, 0.3) is 0 Å². The number of hydrogen-bond donors (Lipinski definition) is 2. The highest BCUT2D eigenvalue weighted by molar-refractivity contribution is 5.56. The van der Waals surface area contributed by atoms with Crippen molar-refractivity contribution < 1.29 is 0 Å². The van der Waals surface area contributed by atoms with E-state index in [0.717, 1.165) is 0 Å². The van der Waals surface area contributed by atoms with E-state index in [4.69, 9.17) is 11.5 Å². The Morgan fingerprint density at radius 1 is 1.25 bits per heavy atom. The number of aromatic nitrogens is 2. The van der Waals surface area contributed by atoms with Crippen molar-refractivity contribution in [2.75, 3.05) is 11.5 Å². The van der Waals surface area contributed by atoms with Crippen LogP contribution in [0.5, 0.6) is 0 Å². The lowest BCUT2D eigenvalue weighted by Crippen LogP contribution is -2.17. The first-order valence-corrected chi connectivity index (χ1v) is 3.80. The zero-order valence-electron chi connectivity index (χ0n) is 7.63. The van der Waals surface area contributed by atoms with Crippen molar-refractivity contribution in [2.45, 2.75) is 26.2 Å². The van der Waals surface area contributed by atoms with Gasteiger partial charge in [0, 0.05) is 5.41 Å². The maximum Gasteiger partial charge on any atom is 0.150 e. The molecule has 0 aromatic carbocycles. The largest absolute Gasteiger partial charge is 0.394 e. The molecule has 12 heavy (non-hydrogen) atoms. The molecular formula is C8H14N4. The fraction of sp³-hybridized carbons (Fsp3) is 0.500. The van der Waals surface area contributed by atoms with E-state index in [1.807, 2.05) is 20.8 Å². The average Bonchev–Trinajstić information content (AvgIpc) is 1.92. The van der Waals surface area contributed by atoms with Gasteiger partial charge in [-0.2, -0.15) is 0 Å². The van der Waals surface area contributed by atoms with Gasteiger partial charge in [-0.3, -0.25) is 0 Å². The summed E-state index contributed by atoms with van der Waals surface area (Å²) in [7, 11) is 0. The van der Waals surface area contributed by atoms with Crippen LogP contribution < -0.4 is 11.5 Å². The lowest BCUT2D eigenvalue weighted by molar-refractivity contribution is 0.546. The third-order valence-corrected chi connectivity index (χ3v) is 1.52. The maximum atomic E-state index is 5.54. The van der Waals surface area contributed by atoms with Crippen molar-refractivity contribution in [3.63, 3.8) is 0 Å². The second-order valence-corrected chi connectivity index (χ2v) is 3.78. The molecule has 0 bridgehead atoms. The molecule has 1 aromatic rings. The molecule has 0 saturated heterocycles. The normalized spacial score (nSPS) is 11.6. The molecule has 0 fully saturated rings. The Labute approximate surface area is 72.0 Å². The van der Waals surface area contributed by atoms with Crippen molar-refractivity contribution in [1.29, 1.82) is 0 Å². The summed E-state index contributed by atoms with van der Waals surface area (Å²) in [5.41, 5.74) is 11.4. The SMILES string of the molecule is CC(C)(C)c1ncc(N)c(N)n1. The molecule has 0 aliphatic rings. The molecule has 0 amide bonds. The van der Waals surface area contributed by atoms with E-state index in [2.05, 4.69) is 9.97 Å². The molecule has 1 rings (SSSR count). The lowest BCUT2D eigenvalue weighted by atomic mass is 9.96. The first-order chi connectivity index (χ1) is 5.41. The zero-order valence-corrected chi connectivity index (χ0v) is 7.63. The van der Waals surface area contributed by atoms with E-state index < -0.39 is 0 Å². The number of nitrogens with two attached hydrogens (primary N) is 2. The fourth-order valence-electron chi connectivity index (χ4n) is 0.766. The summed E-state index contributed by atoms with van der Waals surface area (Å²) in [6, 6.07) is 0. The molecule has 0 saturated carbocycles. The summed E-state index contributed by atoms with van der Waals surface area (Å²) in [6.45, 7) is 6.08. The fourth-order valence-corrected chi connectivity index (χ4v) is 0.766. The third kappa shape index (κ3) is 1.64. The number of nitrogens with zero attached hydrogens (tertiary/aromatic N) is 2. The van der Waals surface area contributed by atoms with Crippen LogP contribution in [0.2, 0.25) is 0 Å². The highest BCUT2D eigenvalue weighted by Gasteiger charge is 2.17. The van der Waals surface area contributed by atoms with Crippen LogP contribution >= 0.6 is 0 Å². The average molecular weight is 166 g/mol. The van der Waals surface area contributed by atoms with E-state index in [-0.39, 0.29) is 5.41 Å². The van der Waals surface area contributed by atoms with Gasteiger partial charge in [0.25, 0.3) is 0 Å². The van der Waals surface area contributed by atoms with Crippen LogP contribution in [0.4, 0.5) is 11.5 Å². The minimum Gasteiger partial charge on any atom is -0.394 e. The maximum absolute atomic E-state index is 5.54. The van der Waals surface area contributed by atoms with Crippen LogP contribution in [0.1, 0.15) is 26.6 Å². The van der Waals surface area contributed by atoms with Gasteiger partial charge >= 0.3 is 0 Å². The monoisotopic (exact) mass is 166 g/mol. The molecule has 0 atom stereocenters. The van der Waals surface area contributed by atoms with E-state index in [0.29, 0.717) is 17.3 Å². The summed E-state index contributed by atoms with van der Waals surface area (Å²) in [5, 5.41) is 0. The molecule has 4 heteroatoms. The number of nitrogen functional groups attached to an aromatic ring is 2. The molecule has 1 heterocycles. The Kier molecular flexibility index (Phi) is 1.92. The van der Waals surface area contributed by atoms with Crippen molar-refractivity contribution in [2.24, 2.45) is 0 Å². The number of anilines is 2. The van der Waals surface area contributed by atoms with Crippen molar-refractivity contribution in [3.8, 4) is 0 Å². The summed E-state index contributed by atoms with van der Waals surface area (Å²) in [5.74, 6) is 1.07. The number of rotatable bonds is 0. The third-order valence-electron chi connectivity index (χ3n) is 1.52. The van der Waals surface area contributed by atoms with Gasteiger partial charge in [0.05, 0.1) is 11.9 Å². The van der Waals surface area contributed by atoms with Gasteiger partial charge in [0.2, 0.25) is 0 Å². The molecule has 0 radical (unpaired) electrons. The van der Waals surface area contributed by atoms with Gasteiger partial charge in [0.1, 0.15) is 11.6 Å². The van der Waals surface area contributed by atoms with Crippen LogP contribution in [-0.2, 0) is 5.41 Å². The molecule has 4 N–H and O–H groups in total. The molecule has 0 aliphatic heterocycles. The van der Waals surface area contributed by atoms with E-state index in [1.54, 1.807) is 6.20 Å². The highest BCUT2D eigenvalue weighted by Crippen LogP contribution is 2.20. The van der Waals surface area contributed by atoms with Gasteiger partial charge in [-0.25, -0.2) is 9.97 Å². The second-order valence-electron chi connectivity index (χ2n) is 3.78. The Hall–Kier alpha value is -1.32. The molecule has 0 aliphatic carbocycles. The Morgan fingerprint density at radius 2 is 1.83 bits per heavy atom. The van der Waals surface area contributed by atoms with Gasteiger partial charge in [-0.15, -0.1) is 0 Å². The smallest absolute Gasteiger partial charge is 0.150 e. The van der Waals surface area contributed by atoms with Gasteiger partial charge in [-0.05, 0) is 0 Å². The van der Waals surface area contributed by atoms with Gasteiger partial charge < -0.3 is 11.5 Å². The minimum atomic E-state index is -0.0815. The zero-order chi connectivity index (χ0) is 9.35. The summed E-state index contributed by atoms with van der Waals surface area (Å²) >= 11 is 0. The Balaban J connectivity index is 3.14. The van der Waals surface area contributed by atoms with Crippen molar-refractivity contribution in [1.82, 2.24) is 9.97 Å². The highest BCUT2D eigenvalue weighted by atomic mass is 15.0. The number of hydrogen-bond acceptors (Lipinski definition) is 4. The van der Waals surface area contributed by atoms with Crippen LogP contribution in [0.15, 0.2) is 6.20 Å². The van der Waals surface area contributed by atoms with E-state index >= 15 is 0 Å². The lowest BCUT2D eigenvalue weighted by Gasteiger charge is -2.16. The predicted molar refractivity (Wildman–Crippen MR) is 49.6 cm³/mol. The molecule has 0 unspecified atom stereocenters. The topological polar surface area (TPSA) is 77.8 Å². The summed E-state index contributed by atoms with van der Waals surface area (Å²) in [4.78, 5) is 8.18. The Bertz CT molecular complexity index is 288. The molecule has 1 aromatic heterocycles. The van der Waals surface area contributed by atoms with Crippen LogP contribution in [-0.4, -0.2) is 9.97 Å². The quantitative estimate of drug-likeness (QED) is 0.601. The van der Waals surface area contributed by atoms with E-state index in [9.17, 15) is 0 Å². The van der Waals surface area contributed by atoms with Crippen molar-refractivity contribution >= 4 is 11.5 Å². The second kappa shape index (κ2) is 2.62. The van der Waals surface area contributed by atoms with Gasteiger partial charge in [0.15, 0.2) is 0 Å². The van der Waals surface area contributed by atoms with Crippen molar-refractivity contribution in [3.05, 3.63) is 12.0 Å². The van der Waals surface area contributed by atoms with Crippen LogP contribution in [0, 0.1) is 0 Å². The van der Waals surface area contributed by atoms with Crippen LogP contribution in [0.3, 0.4) is 0 Å². The first kappa shape index (κ1) is 8.77. The first-order valence-electron chi connectivity index (χ1n) is 3.80. The Morgan fingerprint density at radius 3 is 2.25 bits per heavy atom. The predicted octanol–water partition coefficient (Wildman–Crippen LogP) is 0.939. The standard InChI is InChI=1S/C8H14N4/c1-8(2,3)7-11-4-5(9)6(10)12-7/h4H,9H2,1-3H3,(H2,10,11,12). The van der Waals surface area contributed by atoms with Gasteiger partial charge in [-0.1, -0.05) is 20.8 Å². The molecule has 66 valence electrons. The molecule has 4 nitrogen and oxygen atoms in total. The molecule has 0 spiro atoms. The molecular weight excluding hydrogens is 152 g/mol. The summed E-state index contributed by atoms with van der Waals surface area (Å²) in [6.07, 6.45) is 1.54. The summed E-state index contributed by atoms with van der Waals surface area (Å²) < 4.78 is 0. The van der Waals surface area contributed by atoms with E-state index in [1.165, 1.54) is 0 Å².